The maximum absolute atomic E-state index is 11.3. The monoisotopic (exact) mass is 378 g/mol. The molecule has 2 heterocycles. The number of hydrogen-bond acceptors (Lipinski definition) is 5. The van der Waals surface area contributed by atoms with Crippen LogP contribution >= 0.6 is 0 Å². The topological polar surface area (TPSA) is 92.3 Å². The van der Waals surface area contributed by atoms with Gasteiger partial charge in [0.25, 0.3) is 0 Å². The second kappa shape index (κ2) is 7.92. The second-order valence-electron chi connectivity index (χ2n) is 6.81. The van der Waals surface area contributed by atoms with Crippen molar-refractivity contribution in [3.05, 3.63) is 71.0 Å². The van der Waals surface area contributed by atoms with Gasteiger partial charge in [-0.2, -0.15) is 5.10 Å². The lowest BCUT2D eigenvalue weighted by molar-refractivity contribution is -0.0948. The lowest BCUT2D eigenvalue weighted by Crippen LogP contribution is -2.25. The molecule has 1 amide bonds. The fraction of sp³-hybridized carbons (Fsp3) is 0.286. The van der Waals surface area contributed by atoms with E-state index in [0.29, 0.717) is 37.8 Å². The summed E-state index contributed by atoms with van der Waals surface area (Å²) in [5.41, 5.74) is 8.92. The zero-order chi connectivity index (χ0) is 19.5. The van der Waals surface area contributed by atoms with Gasteiger partial charge < -0.3 is 15.2 Å². The van der Waals surface area contributed by atoms with E-state index in [4.69, 9.17) is 25.3 Å². The van der Waals surface area contributed by atoms with Crippen LogP contribution in [0.4, 0.5) is 0 Å². The summed E-state index contributed by atoms with van der Waals surface area (Å²) < 4.78 is 13.3. The van der Waals surface area contributed by atoms with Crippen molar-refractivity contribution in [3.8, 4) is 11.4 Å². The third-order valence-electron chi connectivity index (χ3n) is 4.68. The number of primary amides is 1. The average molecular weight is 378 g/mol. The van der Waals surface area contributed by atoms with Gasteiger partial charge in [-0.15, -0.1) is 0 Å². The van der Waals surface area contributed by atoms with Crippen molar-refractivity contribution in [2.75, 3.05) is 19.8 Å². The fourth-order valence-electron chi connectivity index (χ4n) is 3.12. The molecule has 0 spiro atoms. The molecule has 0 radical (unpaired) electrons. The smallest absolute Gasteiger partial charge is 0.248 e. The van der Waals surface area contributed by atoms with E-state index in [0.717, 1.165) is 17.0 Å². The summed E-state index contributed by atoms with van der Waals surface area (Å²) in [6.07, 6.45) is -0.259. The molecule has 1 aromatic heterocycles. The molecule has 0 aliphatic carbocycles. The highest BCUT2D eigenvalue weighted by Crippen LogP contribution is 2.24. The number of carbonyl (C=O) groups excluding carboxylic acids is 1. The molecule has 1 saturated heterocycles. The van der Waals surface area contributed by atoms with Crippen LogP contribution < -0.4 is 5.73 Å². The Balaban J connectivity index is 1.68. The van der Waals surface area contributed by atoms with Gasteiger partial charge in [0.2, 0.25) is 5.91 Å². The molecule has 1 aliphatic heterocycles. The molecule has 0 saturated carbocycles. The highest BCUT2D eigenvalue weighted by atomic mass is 16.6. The van der Waals surface area contributed by atoms with Gasteiger partial charge in [0.05, 0.1) is 26.4 Å². The second-order valence-corrected chi connectivity index (χ2v) is 6.81. The summed E-state index contributed by atoms with van der Waals surface area (Å²) in [6.45, 7) is 4.22. The van der Waals surface area contributed by atoms with Gasteiger partial charge in [-0.25, -0.2) is 9.67 Å². The highest BCUT2D eigenvalue weighted by Gasteiger charge is 2.24. The van der Waals surface area contributed by atoms with E-state index < -0.39 is 5.91 Å². The van der Waals surface area contributed by atoms with Crippen LogP contribution in [0.3, 0.4) is 0 Å². The maximum Gasteiger partial charge on any atom is 0.248 e. The Morgan fingerprint density at radius 1 is 1.14 bits per heavy atom. The van der Waals surface area contributed by atoms with Gasteiger partial charge in [0.1, 0.15) is 6.10 Å². The number of aromatic nitrogens is 3. The first-order valence-electron chi connectivity index (χ1n) is 9.20. The number of nitrogens with two attached hydrogens (primary N) is 1. The Morgan fingerprint density at radius 2 is 1.89 bits per heavy atom. The van der Waals surface area contributed by atoms with Crippen LogP contribution in [0.5, 0.6) is 0 Å². The van der Waals surface area contributed by atoms with Gasteiger partial charge in [-0.3, -0.25) is 4.79 Å². The number of hydrogen-bond donors (Lipinski definition) is 1. The molecule has 4 rings (SSSR count). The van der Waals surface area contributed by atoms with Crippen LogP contribution in [0, 0.1) is 6.92 Å². The van der Waals surface area contributed by atoms with Crippen molar-refractivity contribution in [1.29, 1.82) is 0 Å². The van der Waals surface area contributed by atoms with E-state index in [-0.39, 0.29) is 6.10 Å². The predicted octanol–water partition coefficient (Wildman–Crippen LogP) is 2.49. The van der Waals surface area contributed by atoms with Crippen molar-refractivity contribution in [1.82, 2.24) is 14.8 Å². The summed E-state index contributed by atoms with van der Waals surface area (Å²) in [5.74, 6) is 0.847. The molecule has 144 valence electrons. The van der Waals surface area contributed by atoms with E-state index in [9.17, 15) is 4.79 Å². The number of rotatable bonds is 5. The minimum Gasteiger partial charge on any atom is -0.376 e. The molecule has 1 atom stereocenters. The maximum atomic E-state index is 11.3. The van der Waals surface area contributed by atoms with E-state index >= 15 is 0 Å². The van der Waals surface area contributed by atoms with Crippen LogP contribution in [0.15, 0.2) is 48.5 Å². The van der Waals surface area contributed by atoms with Crippen molar-refractivity contribution in [3.63, 3.8) is 0 Å². The van der Waals surface area contributed by atoms with Crippen LogP contribution in [-0.4, -0.2) is 40.5 Å². The Hall–Kier alpha value is -3.03. The van der Waals surface area contributed by atoms with E-state index in [1.807, 2.05) is 4.68 Å². The van der Waals surface area contributed by atoms with Crippen LogP contribution in [0.1, 0.15) is 33.4 Å². The zero-order valence-electron chi connectivity index (χ0n) is 15.7. The summed E-state index contributed by atoms with van der Waals surface area (Å²) in [5, 5.41) is 4.70. The third-order valence-corrected chi connectivity index (χ3v) is 4.68. The Labute approximate surface area is 163 Å². The first-order chi connectivity index (χ1) is 13.6. The molecule has 3 aromatic rings. The quantitative estimate of drug-likeness (QED) is 0.736. The van der Waals surface area contributed by atoms with E-state index in [1.165, 1.54) is 5.56 Å². The Morgan fingerprint density at radius 3 is 2.54 bits per heavy atom. The van der Waals surface area contributed by atoms with Gasteiger partial charge in [0, 0.05) is 11.1 Å². The predicted molar refractivity (Wildman–Crippen MR) is 104 cm³/mol. The van der Waals surface area contributed by atoms with Gasteiger partial charge in [0.15, 0.2) is 11.6 Å². The molecule has 28 heavy (non-hydrogen) atoms. The number of aryl methyl sites for hydroxylation is 1. The number of amides is 1. The molecule has 0 unspecified atom stereocenters. The average Bonchev–Trinajstić information content (AvgIpc) is 3.14. The summed E-state index contributed by atoms with van der Waals surface area (Å²) in [4.78, 5) is 16.0. The third kappa shape index (κ3) is 3.95. The van der Waals surface area contributed by atoms with Gasteiger partial charge >= 0.3 is 0 Å². The van der Waals surface area contributed by atoms with Crippen LogP contribution in [0.25, 0.3) is 11.4 Å². The SMILES string of the molecule is Cc1ccc(Cn2nc(-c3ccc(C(N)=O)cc3)nc2[C@@H]2COCCO2)cc1. The Bertz CT molecular complexity index is 958. The highest BCUT2D eigenvalue weighted by molar-refractivity contribution is 5.93. The molecule has 0 bridgehead atoms. The molecule has 7 nitrogen and oxygen atoms in total. The summed E-state index contributed by atoms with van der Waals surface area (Å²) in [7, 11) is 0. The minimum atomic E-state index is -0.460. The zero-order valence-corrected chi connectivity index (χ0v) is 15.7. The van der Waals surface area contributed by atoms with Crippen LogP contribution in [0.2, 0.25) is 0 Å². The molecule has 7 heteroatoms. The number of benzene rings is 2. The molecular formula is C21H22N4O3. The number of carbonyl (C=O) groups is 1. The Kier molecular flexibility index (Phi) is 5.18. The lowest BCUT2D eigenvalue weighted by atomic mass is 10.1. The molecular weight excluding hydrogens is 356 g/mol. The fourth-order valence-corrected chi connectivity index (χ4v) is 3.12. The van der Waals surface area contributed by atoms with Crippen molar-refractivity contribution in [2.24, 2.45) is 5.73 Å². The van der Waals surface area contributed by atoms with Crippen molar-refractivity contribution in [2.45, 2.75) is 19.6 Å². The number of nitrogens with zero attached hydrogens (tertiary/aromatic N) is 3. The van der Waals surface area contributed by atoms with Crippen molar-refractivity contribution < 1.29 is 14.3 Å². The normalized spacial score (nSPS) is 16.8. The van der Waals surface area contributed by atoms with Gasteiger partial charge in [-0.1, -0.05) is 42.0 Å². The largest absolute Gasteiger partial charge is 0.376 e. The number of ether oxygens (including phenoxy) is 2. The van der Waals surface area contributed by atoms with Crippen LogP contribution in [-0.2, 0) is 16.0 Å². The minimum absolute atomic E-state index is 0.259. The molecule has 1 fully saturated rings. The summed E-state index contributed by atoms with van der Waals surface area (Å²) >= 11 is 0. The van der Waals surface area contributed by atoms with Crippen molar-refractivity contribution >= 4 is 5.91 Å². The standard InChI is InChI=1S/C21H22N4O3/c1-14-2-4-15(5-3-14)12-25-21(18-13-27-10-11-28-18)23-20(24-25)17-8-6-16(7-9-17)19(22)26/h2-9,18H,10-13H2,1H3,(H2,22,26)/t18-/m0/s1. The summed E-state index contributed by atoms with van der Waals surface area (Å²) in [6, 6.07) is 15.3. The molecule has 2 aromatic carbocycles. The molecule has 2 N–H and O–H groups in total. The first kappa shape index (κ1) is 18.3. The van der Waals surface area contributed by atoms with E-state index in [2.05, 4.69) is 31.2 Å². The molecule has 1 aliphatic rings. The lowest BCUT2D eigenvalue weighted by Gasteiger charge is -2.22. The van der Waals surface area contributed by atoms with Gasteiger partial charge in [-0.05, 0) is 24.6 Å². The van der Waals surface area contributed by atoms with E-state index in [1.54, 1.807) is 24.3 Å². The first-order valence-corrected chi connectivity index (χ1v) is 9.20.